The fourth-order valence-electron chi connectivity index (χ4n) is 1.42. The molecule has 1 heterocycles. The van der Waals surface area contributed by atoms with Crippen LogP contribution in [0.1, 0.15) is 25.8 Å². The van der Waals surface area contributed by atoms with Crippen LogP contribution in [-0.4, -0.2) is 13.1 Å². The van der Waals surface area contributed by atoms with Crippen LogP contribution >= 0.6 is 0 Å². The van der Waals surface area contributed by atoms with Crippen LogP contribution < -0.4 is 4.90 Å². The molecule has 2 heteroatoms. The van der Waals surface area contributed by atoms with Gasteiger partial charge in [0.1, 0.15) is 5.82 Å². The van der Waals surface area contributed by atoms with Gasteiger partial charge in [-0.05, 0) is 31.0 Å². The predicted molar refractivity (Wildman–Crippen MR) is 59.3 cm³/mol. The van der Waals surface area contributed by atoms with Crippen molar-refractivity contribution in [2.24, 2.45) is 0 Å². The van der Waals surface area contributed by atoms with Gasteiger partial charge in [0.2, 0.25) is 0 Å². The summed E-state index contributed by atoms with van der Waals surface area (Å²) in [6.45, 7) is 7.99. The molecule has 0 spiro atoms. The molecule has 0 unspecified atom stereocenters. The van der Waals surface area contributed by atoms with Crippen molar-refractivity contribution >= 4 is 5.69 Å². The first-order chi connectivity index (χ1) is 6.77. The van der Waals surface area contributed by atoms with Crippen LogP contribution in [0, 0.1) is 12.7 Å². The van der Waals surface area contributed by atoms with Gasteiger partial charge in [0.05, 0.1) is 5.69 Å². The monoisotopic (exact) mass is 195 g/mol. The minimum absolute atomic E-state index is 0.0969. The molecule has 0 radical (unpaired) electrons. The summed E-state index contributed by atoms with van der Waals surface area (Å²) in [4.78, 5) is 2.07. The van der Waals surface area contributed by atoms with Gasteiger partial charge in [-0.3, -0.25) is 0 Å². The Morgan fingerprint density at radius 3 is 2.36 bits per heavy atom. The van der Waals surface area contributed by atoms with Gasteiger partial charge in [0.15, 0.2) is 0 Å². The van der Waals surface area contributed by atoms with E-state index in [1.165, 1.54) is 6.42 Å². The summed E-state index contributed by atoms with van der Waals surface area (Å²) in [7, 11) is 0. The van der Waals surface area contributed by atoms with Crippen molar-refractivity contribution in [2.75, 3.05) is 18.0 Å². The Balaban J connectivity index is 0.000000461. The number of anilines is 1. The van der Waals surface area contributed by atoms with Gasteiger partial charge in [0.25, 0.3) is 0 Å². The van der Waals surface area contributed by atoms with Gasteiger partial charge in [-0.15, -0.1) is 0 Å². The van der Waals surface area contributed by atoms with Gasteiger partial charge in [-0.1, -0.05) is 19.9 Å². The van der Waals surface area contributed by atoms with E-state index in [2.05, 4.69) is 4.90 Å². The molecule has 14 heavy (non-hydrogen) atoms. The molecular weight excluding hydrogens is 177 g/mol. The maximum absolute atomic E-state index is 13.2. The second-order valence-electron chi connectivity index (χ2n) is 3.30. The van der Waals surface area contributed by atoms with E-state index in [0.29, 0.717) is 0 Å². The zero-order chi connectivity index (χ0) is 10.6. The lowest BCUT2D eigenvalue weighted by Gasteiger charge is -2.33. The highest BCUT2D eigenvalue weighted by molar-refractivity contribution is 5.51. The fraction of sp³-hybridized carbons (Fsp3) is 0.500. The predicted octanol–water partition coefficient (Wildman–Crippen LogP) is 3.37. The summed E-state index contributed by atoms with van der Waals surface area (Å²) in [5.41, 5.74) is 1.89. The Bertz CT molecular complexity index is 292. The Kier molecular flexibility index (Phi) is 3.93. The molecule has 1 aliphatic rings. The third-order valence-electron chi connectivity index (χ3n) is 2.30. The van der Waals surface area contributed by atoms with Crippen molar-refractivity contribution in [1.29, 1.82) is 0 Å². The lowest BCUT2D eigenvalue weighted by Crippen LogP contribution is -2.37. The normalized spacial score (nSPS) is 14.1. The van der Waals surface area contributed by atoms with Crippen molar-refractivity contribution < 1.29 is 4.39 Å². The molecule has 0 saturated carbocycles. The number of nitrogens with zero attached hydrogens (tertiary/aromatic N) is 1. The zero-order valence-electron chi connectivity index (χ0n) is 9.18. The number of hydrogen-bond acceptors (Lipinski definition) is 1. The smallest absolute Gasteiger partial charge is 0.146 e. The van der Waals surface area contributed by atoms with Crippen LogP contribution in [0.3, 0.4) is 0 Å². The quantitative estimate of drug-likeness (QED) is 0.664. The van der Waals surface area contributed by atoms with Gasteiger partial charge in [-0.25, -0.2) is 4.39 Å². The molecule has 1 aromatic rings. The van der Waals surface area contributed by atoms with Crippen molar-refractivity contribution in [2.45, 2.75) is 27.2 Å². The molecule has 78 valence electrons. The molecule has 0 amide bonds. The molecule has 2 rings (SSSR count). The lowest BCUT2D eigenvalue weighted by atomic mass is 10.1. The highest BCUT2D eigenvalue weighted by Gasteiger charge is 2.17. The second-order valence-corrected chi connectivity index (χ2v) is 3.30. The van der Waals surface area contributed by atoms with Crippen LogP contribution in [0.15, 0.2) is 18.2 Å². The van der Waals surface area contributed by atoms with Crippen LogP contribution in [0.5, 0.6) is 0 Å². The van der Waals surface area contributed by atoms with E-state index < -0.39 is 0 Å². The Labute approximate surface area is 85.5 Å². The topological polar surface area (TPSA) is 3.24 Å². The Morgan fingerprint density at radius 2 is 1.86 bits per heavy atom. The SMILES string of the molecule is CC.Cc1ccc(F)c(N2CCC2)c1. The van der Waals surface area contributed by atoms with Crippen LogP contribution in [0.2, 0.25) is 0 Å². The summed E-state index contributed by atoms with van der Waals surface area (Å²) in [6, 6.07) is 5.26. The Hall–Kier alpha value is -1.05. The van der Waals surface area contributed by atoms with E-state index in [-0.39, 0.29) is 5.82 Å². The van der Waals surface area contributed by atoms with E-state index in [9.17, 15) is 4.39 Å². The van der Waals surface area contributed by atoms with E-state index in [1.807, 2.05) is 26.8 Å². The molecule has 0 N–H and O–H groups in total. The first-order valence-corrected chi connectivity index (χ1v) is 5.28. The van der Waals surface area contributed by atoms with Crippen molar-refractivity contribution in [3.05, 3.63) is 29.6 Å². The summed E-state index contributed by atoms with van der Waals surface area (Å²) in [6.07, 6.45) is 1.19. The third-order valence-corrected chi connectivity index (χ3v) is 2.30. The molecule has 1 fully saturated rings. The minimum Gasteiger partial charge on any atom is -0.369 e. The summed E-state index contributed by atoms with van der Waals surface area (Å²) < 4.78 is 13.2. The highest BCUT2D eigenvalue weighted by atomic mass is 19.1. The third kappa shape index (κ3) is 2.25. The molecular formula is C12H18FN. The zero-order valence-corrected chi connectivity index (χ0v) is 9.18. The standard InChI is InChI=1S/C10H12FN.C2H6/c1-8-3-4-9(11)10(7-8)12-5-2-6-12;1-2/h3-4,7H,2,5-6H2,1H3;1-2H3. The molecule has 0 aliphatic carbocycles. The van der Waals surface area contributed by atoms with Crippen molar-refractivity contribution in [3.63, 3.8) is 0 Å². The van der Waals surface area contributed by atoms with E-state index in [4.69, 9.17) is 0 Å². The second kappa shape index (κ2) is 4.99. The average molecular weight is 195 g/mol. The number of hydrogen-bond donors (Lipinski definition) is 0. The summed E-state index contributed by atoms with van der Waals surface area (Å²) in [5, 5.41) is 0. The van der Waals surface area contributed by atoms with E-state index >= 15 is 0 Å². The van der Waals surface area contributed by atoms with Crippen LogP contribution in [0.25, 0.3) is 0 Å². The van der Waals surface area contributed by atoms with Gasteiger partial charge in [-0.2, -0.15) is 0 Å². The Morgan fingerprint density at radius 1 is 1.21 bits per heavy atom. The van der Waals surface area contributed by atoms with Gasteiger partial charge < -0.3 is 4.90 Å². The molecule has 1 aromatic carbocycles. The number of rotatable bonds is 1. The first kappa shape index (κ1) is 11.0. The molecule has 1 aliphatic heterocycles. The van der Waals surface area contributed by atoms with E-state index in [1.54, 1.807) is 12.1 Å². The number of benzene rings is 1. The largest absolute Gasteiger partial charge is 0.369 e. The maximum Gasteiger partial charge on any atom is 0.146 e. The maximum atomic E-state index is 13.2. The first-order valence-electron chi connectivity index (χ1n) is 5.28. The number of aryl methyl sites for hydroxylation is 1. The molecule has 1 nitrogen and oxygen atoms in total. The average Bonchev–Trinajstić information content (AvgIpc) is 2.12. The van der Waals surface area contributed by atoms with Crippen molar-refractivity contribution in [3.8, 4) is 0 Å². The minimum atomic E-state index is -0.0969. The van der Waals surface area contributed by atoms with Gasteiger partial charge >= 0.3 is 0 Å². The summed E-state index contributed by atoms with van der Waals surface area (Å²) >= 11 is 0. The molecule has 0 atom stereocenters. The summed E-state index contributed by atoms with van der Waals surface area (Å²) in [5.74, 6) is -0.0969. The highest BCUT2D eigenvalue weighted by Crippen LogP contribution is 2.24. The molecule has 1 saturated heterocycles. The molecule has 0 bridgehead atoms. The molecule has 0 aromatic heterocycles. The van der Waals surface area contributed by atoms with Gasteiger partial charge in [0, 0.05) is 13.1 Å². The van der Waals surface area contributed by atoms with Crippen LogP contribution in [-0.2, 0) is 0 Å². The van der Waals surface area contributed by atoms with Crippen molar-refractivity contribution in [1.82, 2.24) is 0 Å². The van der Waals surface area contributed by atoms with E-state index in [0.717, 1.165) is 24.3 Å². The number of halogens is 1. The fourth-order valence-corrected chi connectivity index (χ4v) is 1.42. The lowest BCUT2D eigenvalue weighted by molar-refractivity contribution is 0.573. The van der Waals surface area contributed by atoms with Crippen LogP contribution in [0.4, 0.5) is 10.1 Å².